The average Bonchev–Trinajstić information content (AvgIpc) is 2.85. The number of aromatic nitrogens is 2. The van der Waals surface area contributed by atoms with Gasteiger partial charge in [-0.15, -0.1) is 10.2 Å². The van der Waals surface area contributed by atoms with E-state index in [-0.39, 0.29) is 0 Å². The molecule has 0 radical (unpaired) electrons. The van der Waals surface area contributed by atoms with Gasteiger partial charge in [-0.1, -0.05) is 23.9 Å². The quantitative estimate of drug-likeness (QED) is 0.618. The highest BCUT2D eigenvalue weighted by molar-refractivity contribution is 7.99. The Labute approximate surface area is 93.5 Å². The first kappa shape index (κ1) is 10.7. The number of thioether (sulfide) groups is 1. The summed E-state index contributed by atoms with van der Waals surface area (Å²) in [4.78, 5) is 0. The zero-order chi connectivity index (χ0) is 10.7. The number of nitrogens with zero attached hydrogens (tertiary/aromatic N) is 2. The molecule has 4 nitrogen and oxygen atoms in total. The molecular weight excluding hydrogens is 210 g/mol. The van der Waals surface area contributed by atoms with Gasteiger partial charge in [0.1, 0.15) is 0 Å². The Morgan fingerprint density at radius 1 is 1.67 bits per heavy atom. The maximum atomic E-state index is 5.59. The molecule has 1 aromatic heterocycles. The monoisotopic (exact) mass is 226 g/mol. The van der Waals surface area contributed by atoms with Crippen molar-refractivity contribution in [2.75, 3.05) is 12.3 Å². The summed E-state index contributed by atoms with van der Waals surface area (Å²) in [6.45, 7) is 7.00. The van der Waals surface area contributed by atoms with E-state index in [2.05, 4.69) is 22.1 Å². The van der Waals surface area contributed by atoms with Gasteiger partial charge < -0.3 is 9.73 Å². The number of rotatable bonds is 4. The van der Waals surface area contributed by atoms with Crippen LogP contribution in [-0.4, -0.2) is 22.5 Å². The highest BCUT2D eigenvalue weighted by Crippen LogP contribution is 2.22. The predicted molar refractivity (Wildman–Crippen MR) is 58.6 cm³/mol. The van der Waals surface area contributed by atoms with Crippen molar-refractivity contribution in [3.63, 3.8) is 0 Å². The Hall–Kier alpha value is -0.810. The summed E-state index contributed by atoms with van der Waals surface area (Å²) in [6.07, 6.45) is 2.38. The van der Waals surface area contributed by atoms with Crippen LogP contribution in [0.2, 0.25) is 0 Å². The van der Waals surface area contributed by atoms with Crippen LogP contribution in [0.15, 0.2) is 21.8 Å². The van der Waals surface area contributed by atoms with E-state index in [0.717, 1.165) is 23.6 Å². The summed E-state index contributed by atoms with van der Waals surface area (Å²) in [5.74, 6) is 1.62. The zero-order valence-electron chi connectivity index (χ0n) is 8.90. The number of hydrogen-bond donors (Lipinski definition) is 1. The Morgan fingerprint density at radius 2 is 2.53 bits per heavy atom. The molecule has 82 valence electrons. The SMILES string of the molecule is C=C(C)CSc1nnc(C2CCC[NH2+]2)o1. The molecule has 1 atom stereocenters. The second-order valence-electron chi connectivity index (χ2n) is 3.93. The van der Waals surface area contributed by atoms with Crippen LogP contribution in [0.5, 0.6) is 0 Å². The Morgan fingerprint density at radius 3 is 3.20 bits per heavy atom. The van der Waals surface area contributed by atoms with E-state index in [0.29, 0.717) is 11.3 Å². The van der Waals surface area contributed by atoms with Gasteiger partial charge in [0.25, 0.3) is 11.1 Å². The minimum Gasteiger partial charge on any atom is -0.410 e. The van der Waals surface area contributed by atoms with Gasteiger partial charge in [-0.05, 0) is 6.92 Å². The van der Waals surface area contributed by atoms with E-state index in [1.54, 1.807) is 11.8 Å². The third-order valence-corrected chi connectivity index (χ3v) is 3.40. The standard InChI is InChI=1S/C10H15N3OS/c1-7(2)6-15-10-13-12-9(14-10)8-4-3-5-11-8/h8,11H,1,3-6H2,2H3/p+1. The fourth-order valence-electron chi connectivity index (χ4n) is 1.61. The van der Waals surface area contributed by atoms with Crippen LogP contribution < -0.4 is 5.32 Å². The number of nitrogens with two attached hydrogens (primary N) is 1. The Kier molecular flexibility index (Phi) is 3.43. The molecule has 0 bridgehead atoms. The van der Waals surface area contributed by atoms with Crippen LogP contribution in [0, 0.1) is 0 Å². The molecule has 0 aliphatic carbocycles. The summed E-state index contributed by atoms with van der Waals surface area (Å²) >= 11 is 1.55. The second-order valence-corrected chi connectivity index (χ2v) is 4.85. The molecule has 2 heterocycles. The van der Waals surface area contributed by atoms with Gasteiger partial charge >= 0.3 is 0 Å². The summed E-state index contributed by atoms with van der Waals surface area (Å²) in [5.41, 5.74) is 1.12. The van der Waals surface area contributed by atoms with E-state index in [9.17, 15) is 0 Å². The fraction of sp³-hybridized carbons (Fsp3) is 0.600. The summed E-state index contributed by atoms with van der Waals surface area (Å²) in [5, 5.41) is 11.0. The first-order valence-corrected chi connectivity index (χ1v) is 6.18. The number of quaternary nitrogens is 1. The first-order chi connectivity index (χ1) is 7.25. The van der Waals surface area contributed by atoms with Crippen molar-refractivity contribution in [2.45, 2.75) is 31.0 Å². The van der Waals surface area contributed by atoms with Crippen LogP contribution in [-0.2, 0) is 0 Å². The maximum absolute atomic E-state index is 5.59. The minimum atomic E-state index is 0.386. The highest BCUT2D eigenvalue weighted by atomic mass is 32.2. The van der Waals surface area contributed by atoms with Gasteiger partial charge in [0.2, 0.25) is 0 Å². The van der Waals surface area contributed by atoms with E-state index < -0.39 is 0 Å². The maximum Gasteiger partial charge on any atom is 0.277 e. The molecule has 5 heteroatoms. The molecule has 1 aliphatic heterocycles. The Bertz CT molecular complexity index is 344. The van der Waals surface area contributed by atoms with Crippen LogP contribution in [0.3, 0.4) is 0 Å². The summed E-state index contributed by atoms with van der Waals surface area (Å²) < 4.78 is 5.59. The second kappa shape index (κ2) is 4.81. The zero-order valence-corrected chi connectivity index (χ0v) is 9.72. The van der Waals surface area contributed by atoms with Gasteiger partial charge in [-0.2, -0.15) is 0 Å². The molecule has 1 saturated heterocycles. The van der Waals surface area contributed by atoms with Crippen molar-refractivity contribution < 1.29 is 9.73 Å². The van der Waals surface area contributed by atoms with Crippen molar-refractivity contribution in [2.24, 2.45) is 0 Å². The van der Waals surface area contributed by atoms with Gasteiger partial charge in [0.15, 0.2) is 6.04 Å². The highest BCUT2D eigenvalue weighted by Gasteiger charge is 2.25. The van der Waals surface area contributed by atoms with Crippen molar-refractivity contribution in [1.82, 2.24) is 10.2 Å². The van der Waals surface area contributed by atoms with Crippen LogP contribution in [0.4, 0.5) is 0 Å². The topological polar surface area (TPSA) is 55.5 Å². The van der Waals surface area contributed by atoms with Crippen LogP contribution in [0.25, 0.3) is 0 Å². The summed E-state index contributed by atoms with van der Waals surface area (Å²) in [7, 11) is 0. The van der Waals surface area contributed by atoms with Crippen molar-refractivity contribution >= 4 is 11.8 Å². The molecule has 1 aliphatic rings. The molecule has 0 amide bonds. The van der Waals surface area contributed by atoms with Gasteiger partial charge in [0, 0.05) is 18.6 Å². The molecule has 0 aromatic carbocycles. The average molecular weight is 226 g/mol. The first-order valence-electron chi connectivity index (χ1n) is 5.19. The molecule has 2 rings (SSSR count). The van der Waals surface area contributed by atoms with Gasteiger partial charge in [-0.25, -0.2) is 0 Å². The third kappa shape index (κ3) is 2.82. The summed E-state index contributed by atoms with van der Waals surface area (Å²) in [6, 6.07) is 0.386. The lowest BCUT2D eigenvalue weighted by Crippen LogP contribution is -2.81. The third-order valence-electron chi connectivity index (χ3n) is 2.35. The smallest absolute Gasteiger partial charge is 0.277 e. The molecule has 1 fully saturated rings. The molecular formula is C10H16N3OS+. The van der Waals surface area contributed by atoms with E-state index in [1.807, 2.05) is 6.92 Å². The molecule has 1 aromatic rings. The minimum absolute atomic E-state index is 0.386. The van der Waals surface area contributed by atoms with Crippen LogP contribution in [0.1, 0.15) is 31.7 Å². The van der Waals surface area contributed by atoms with Crippen molar-refractivity contribution in [1.29, 1.82) is 0 Å². The number of hydrogen-bond acceptors (Lipinski definition) is 4. The van der Waals surface area contributed by atoms with E-state index in [4.69, 9.17) is 4.42 Å². The molecule has 0 spiro atoms. The van der Waals surface area contributed by atoms with E-state index in [1.165, 1.54) is 13.0 Å². The van der Waals surface area contributed by atoms with Gasteiger partial charge in [0.05, 0.1) is 6.54 Å². The molecule has 0 saturated carbocycles. The largest absolute Gasteiger partial charge is 0.410 e. The normalized spacial score (nSPS) is 20.7. The lowest BCUT2D eigenvalue weighted by atomic mass is 10.2. The lowest BCUT2D eigenvalue weighted by molar-refractivity contribution is -0.678. The van der Waals surface area contributed by atoms with Crippen molar-refractivity contribution in [3.8, 4) is 0 Å². The fourth-order valence-corrected chi connectivity index (χ4v) is 2.23. The van der Waals surface area contributed by atoms with Gasteiger partial charge in [-0.3, -0.25) is 0 Å². The Balaban J connectivity index is 1.94. The van der Waals surface area contributed by atoms with Crippen LogP contribution >= 0.6 is 11.8 Å². The van der Waals surface area contributed by atoms with E-state index >= 15 is 0 Å². The van der Waals surface area contributed by atoms with Crippen molar-refractivity contribution in [3.05, 3.63) is 18.0 Å². The lowest BCUT2D eigenvalue weighted by Gasteiger charge is -1.98. The molecule has 2 N–H and O–H groups in total. The predicted octanol–water partition coefficient (Wildman–Crippen LogP) is 1.14. The molecule has 1 unspecified atom stereocenters. The molecule has 15 heavy (non-hydrogen) atoms.